The van der Waals surface area contributed by atoms with Crippen LogP contribution in [0.15, 0.2) is 0 Å². The molecule has 4 heteroatoms. The van der Waals surface area contributed by atoms with E-state index in [1.807, 2.05) is 7.05 Å². The molecule has 0 amide bonds. The zero-order valence-electron chi connectivity index (χ0n) is 11.5. The van der Waals surface area contributed by atoms with Crippen LogP contribution in [0.1, 0.15) is 43.4 Å². The lowest BCUT2D eigenvalue weighted by Gasteiger charge is -2.23. The molecule has 1 aliphatic carbocycles. The number of hydrogen-bond acceptors (Lipinski definition) is 2. The summed E-state index contributed by atoms with van der Waals surface area (Å²) in [5.41, 5.74) is 8.24. The molecule has 1 saturated carbocycles. The molecule has 0 spiro atoms. The highest BCUT2D eigenvalue weighted by molar-refractivity contribution is 6.30. The summed E-state index contributed by atoms with van der Waals surface area (Å²) >= 11 is 6.33. The highest BCUT2D eigenvalue weighted by atomic mass is 35.5. The highest BCUT2D eigenvalue weighted by Gasteiger charge is 2.25. The Morgan fingerprint density at radius 1 is 1.28 bits per heavy atom. The second-order valence-corrected chi connectivity index (χ2v) is 5.93. The molecule has 102 valence electrons. The third-order valence-electron chi connectivity index (χ3n) is 4.36. The molecular weight excluding hydrogens is 246 g/mol. The Morgan fingerprint density at radius 2 is 1.94 bits per heavy atom. The van der Waals surface area contributed by atoms with Gasteiger partial charge in [0.15, 0.2) is 0 Å². The van der Waals surface area contributed by atoms with E-state index in [9.17, 15) is 0 Å². The van der Waals surface area contributed by atoms with Crippen LogP contribution in [0.3, 0.4) is 0 Å². The van der Waals surface area contributed by atoms with E-state index in [0.717, 1.165) is 23.8 Å². The van der Waals surface area contributed by atoms with Gasteiger partial charge < -0.3 is 5.73 Å². The molecule has 0 aliphatic heterocycles. The number of aromatic nitrogens is 2. The smallest absolute Gasteiger partial charge is 0.130 e. The van der Waals surface area contributed by atoms with Gasteiger partial charge in [0.2, 0.25) is 0 Å². The van der Waals surface area contributed by atoms with E-state index in [4.69, 9.17) is 17.3 Å². The van der Waals surface area contributed by atoms with Crippen LogP contribution < -0.4 is 5.73 Å². The fourth-order valence-corrected chi connectivity index (χ4v) is 3.46. The van der Waals surface area contributed by atoms with Crippen molar-refractivity contribution in [1.29, 1.82) is 0 Å². The molecule has 1 fully saturated rings. The summed E-state index contributed by atoms with van der Waals surface area (Å²) < 4.78 is 1.78. The third-order valence-corrected chi connectivity index (χ3v) is 4.83. The van der Waals surface area contributed by atoms with E-state index in [1.165, 1.54) is 37.7 Å². The molecule has 2 rings (SSSR count). The summed E-state index contributed by atoms with van der Waals surface area (Å²) in [5, 5.41) is 5.20. The zero-order valence-corrected chi connectivity index (χ0v) is 12.2. The van der Waals surface area contributed by atoms with E-state index in [1.54, 1.807) is 4.68 Å². The van der Waals surface area contributed by atoms with E-state index < -0.39 is 0 Å². The fourth-order valence-electron chi connectivity index (χ4n) is 3.21. The van der Waals surface area contributed by atoms with Crippen LogP contribution in [0.2, 0.25) is 5.15 Å². The monoisotopic (exact) mass is 269 g/mol. The molecule has 18 heavy (non-hydrogen) atoms. The van der Waals surface area contributed by atoms with E-state index in [-0.39, 0.29) is 0 Å². The maximum atomic E-state index is 6.33. The van der Waals surface area contributed by atoms with Crippen molar-refractivity contribution >= 4 is 11.6 Å². The van der Waals surface area contributed by atoms with Crippen molar-refractivity contribution in [2.75, 3.05) is 6.54 Å². The van der Waals surface area contributed by atoms with Crippen molar-refractivity contribution < 1.29 is 0 Å². The molecule has 1 aromatic heterocycles. The number of nitrogens with zero attached hydrogens (tertiary/aromatic N) is 2. The third kappa shape index (κ3) is 2.89. The molecule has 1 aliphatic rings. The normalized spacial score (nSPS) is 25.1. The first-order valence-electron chi connectivity index (χ1n) is 7.01. The van der Waals surface area contributed by atoms with Crippen molar-refractivity contribution in [3.8, 4) is 0 Å². The second kappa shape index (κ2) is 6.07. The highest BCUT2D eigenvalue weighted by Crippen LogP contribution is 2.33. The summed E-state index contributed by atoms with van der Waals surface area (Å²) in [6.07, 6.45) is 7.62. The fraction of sp³-hybridized carbons (Fsp3) is 0.786. The maximum absolute atomic E-state index is 6.33. The van der Waals surface area contributed by atoms with Crippen molar-refractivity contribution in [1.82, 2.24) is 9.78 Å². The van der Waals surface area contributed by atoms with Gasteiger partial charge in [-0.3, -0.25) is 4.68 Å². The summed E-state index contributed by atoms with van der Waals surface area (Å²) in [5.74, 6) is 1.33. The first-order chi connectivity index (χ1) is 8.63. The van der Waals surface area contributed by atoms with Crippen LogP contribution in [0.25, 0.3) is 0 Å². The van der Waals surface area contributed by atoms with Crippen LogP contribution in [-0.4, -0.2) is 16.3 Å². The van der Waals surface area contributed by atoms with Crippen molar-refractivity contribution in [2.45, 2.75) is 45.4 Å². The number of rotatable bonds is 3. The summed E-state index contributed by atoms with van der Waals surface area (Å²) in [7, 11) is 1.91. The minimum atomic E-state index is 0.656. The van der Waals surface area contributed by atoms with Gasteiger partial charge in [-0.1, -0.05) is 30.9 Å². The SMILES string of the molecule is Cc1nn(C)c(Cl)c1CC1CCCCCC1CN. The van der Waals surface area contributed by atoms with Gasteiger partial charge in [0.25, 0.3) is 0 Å². The quantitative estimate of drug-likeness (QED) is 0.857. The predicted octanol–water partition coefficient (Wildman–Crippen LogP) is 3.08. The Balaban J connectivity index is 2.15. The van der Waals surface area contributed by atoms with E-state index >= 15 is 0 Å². The molecule has 2 atom stereocenters. The molecule has 3 nitrogen and oxygen atoms in total. The second-order valence-electron chi connectivity index (χ2n) is 5.58. The minimum absolute atomic E-state index is 0.656. The van der Waals surface area contributed by atoms with Gasteiger partial charge in [-0.25, -0.2) is 0 Å². The average molecular weight is 270 g/mol. The van der Waals surface area contributed by atoms with Crippen LogP contribution >= 0.6 is 11.6 Å². The number of hydrogen-bond donors (Lipinski definition) is 1. The topological polar surface area (TPSA) is 43.8 Å². The Morgan fingerprint density at radius 3 is 2.50 bits per heavy atom. The first-order valence-corrected chi connectivity index (χ1v) is 7.39. The van der Waals surface area contributed by atoms with Gasteiger partial charge >= 0.3 is 0 Å². The van der Waals surface area contributed by atoms with Crippen LogP contribution in [-0.2, 0) is 13.5 Å². The summed E-state index contributed by atoms with van der Waals surface area (Å²) in [6, 6.07) is 0. The van der Waals surface area contributed by atoms with Gasteiger partial charge in [-0.2, -0.15) is 5.10 Å². The first kappa shape index (κ1) is 13.9. The average Bonchev–Trinajstić information content (AvgIpc) is 2.56. The van der Waals surface area contributed by atoms with Crippen molar-refractivity contribution in [2.24, 2.45) is 24.6 Å². The zero-order chi connectivity index (χ0) is 13.1. The van der Waals surface area contributed by atoms with Gasteiger partial charge in [0, 0.05) is 12.6 Å². The molecule has 1 heterocycles. The van der Waals surface area contributed by atoms with Crippen LogP contribution in [0.5, 0.6) is 0 Å². The molecule has 1 aromatic rings. The molecule has 0 saturated heterocycles. The Hall–Kier alpha value is -0.540. The van der Waals surface area contributed by atoms with Crippen molar-refractivity contribution in [3.05, 3.63) is 16.4 Å². The van der Waals surface area contributed by atoms with E-state index in [0.29, 0.717) is 11.8 Å². The van der Waals surface area contributed by atoms with Crippen LogP contribution in [0, 0.1) is 18.8 Å². The molecule has 0 radical (unpaired) electrons. The minimum Gasteiger partial charge on any atom is -0.330 e. The molecule has 0 bridgehead atoms. The largest absolute Gasteiger partial charge is 0.330 e. The predicted molar refractivity (Wildman–Crippen MR) is 75.8 cm³/mol. The summed E-state index contributed by atoms with van der Waals surface area (Å²) in [4.78, 5) is 0. The van der Waals surface area contributed by atoms with E-state index in [2.05, 4.69) is 12.0 Å². The van der Waals surface area contributed by atoms with Gasteiger partial charge in [-0.05, 0) is 44.6 Å². The number of nitrogens with two attached hydrogens (primary N) is 1. The van der Waals surface area contributed by atoms with Crippen molar-refractivity contribution in [3.63, 3.8) is 0 Å². The van der Waals surface area contributed by atoms with Gasteiger partial charge in [0.1, 0.15) is 5.15 Å². The van der Waals surface area contributed by atoms with Gasteiger partial charge in [-0.15, -0.1) is 0 Å². The standard InChI is InChI=1S/C14H24ClN3/c1-10-13(14(15)18(2)17-10)8-11-6-4-3-5-7-12(11)9-16/h11-12H,3-9,16H2,1-2H3. The maximum Gasteiger partial charge on any atom is 0.130 e. The summed E-state index contributed by atoms with van der Waals surface area (Å²) in [6.45, 7) is 2.86. The van der Waals surface area contributed by atoms with Crippen LogP contribution in [0.4, 0.5) is 0 Å². The number of halogens is 1. The lowest BCUT2D eigenvalue weighted by atomic mass is 9.83. The molecule has 2 N–H and O–H groups in total. The number of aryl methyl sites for hydroxylation is 2. The molecule has 2 unspecified atom stereocenters. The lowest BCUT2D eigenvalue weighted by Crippen LogP contribution is -2.24. The molecule has 0 aromatic carbocycles. The Kier molecular flexibility index (Phi) is 4.68. The Bertz CT molecular complexity index is 400. The van der Waals surface area contributed by atoms with Gasteiger partial charge in [0.05, 0.1) is 5.69 Å². The lowest BCUT2D eigenvalue weighted by molar-refractivity contribution is 0.318. The molecular formula is C14H24ClN3. The Labute approximate surface area is 115 Å².